The molecule has 8 nitrogen and oxygen atoms in total. The fourth-order valence-corrected chi connectivity index (χ4v) is 2.83. The van der Waals surface area contributed by atoms with Crippen molar-refractivity contribution in [2.24, 2.45) is 0 Å². The number of esters is 1. The van der Waals surface area contributed by atoms with Gasteiger partial charge in [0, 0.05) is 18.2 Å². The molecule has 0 spiro atoms. The Kier molecular flexibility index (Phi) is 4.96. The van der Waals surface area contributed by atoms with Crippen molar-refractivity contribution >= 4 is 28.7 Å². The van der Waals surface area contributed by atoms with Crippen LogP contribution >= 0.6 is 0 Å². The van der Waals surface area contributed by atoms with Crippen molar-refractivity contribution in [3.63, 3.8) is 0 Å². The highest BCUT2D eigenvalue weighted by atomic mass is 16.6. The number of nitro groups is 1. The van der Waals surface area contributed by atoms with E-state index in [0.717, 1.165) is 6.08 Å². The van der Waals surface area contributed by atoms with Gasteiger partial charge in [-0.3, -0.25) is 14.9 Å². The molecule has 0 unspecified atom stereocenters. The Labute approximate surface area is 168 Å². The second kappa shape index (κ2) is 7.88. The Bertz CT molecular complexity index is 1330. The van der Waals surface area contributed by atoms with Gasteiger partial charge in [0.2, 0.25) is 16.9 Å². The number of carbonyl (C=O) groups is 1. The molecule has 0 saturated carbocycles. The number of fused-ring (bicyclic) bond motifs is 1. The molecule has 4 rings (SSSR count). The van der Waals surface area contributed by atoms with Crippen molar-refractivity contribution in [2.75, 3.05) is 0 Å². The highest BCUT2D eigenvalue weighted by Crippen LogP contribution is 2.31. The number of rotatable bonds is 5. The number of hydrogen-bond donors (Lipinski definition) is 0. The number of non-ortho nitro benzene ring substituents is 1. The molecule has 8 heteroatoms. The first-order chi connectivity index (χ1) is 14.5. The van der Waals surface area contributed by atoms with Gasteiger partial charge >= 0.3 is 5.97 Å². The van der Waals surface area contributed by atoms with Crippen LogP contribution in [0.5, 0.6) is 5.75 Å². The second-order valence-electron chi connectivity index (χ2n) is 6.17. The SMILES string of the molecule is O=C(/C=C/c1cccc([N+](=O)[O-])c1)Oc1c(-c2ccco2)oc2ccccc2c1=O. The van der Waals surface area contributed by atoms with Crippen molar-refractivity contribution in [2.45, 2.75) is 0 Å². The fraction of sp³-hybridized carbons (Fsp3) is 0. The summed E-state index contributed by atoms with van der Waals surface area (Å²) in [7, 11) is 0. The van der Waals surface area contributed by atoms with E-state index in [9.17, 15) is 19.7 Å². The Hall–Kier alpha value is -4.46. The molecule has 0 bridgehead atoms. The molecule has 0 aliphatic rings. The third kappa shape index (κ3) is 3.74. The number of ether oxygens (including phenoxy) is 1. The average molecular weight is 403 g/mol. The second-order valence-corrected chi connectivity index (χ2v) is 6.17. The normalized spacial score (nSPS) is 11.1. The third-order valence-electron chi connectivity index (χ3n) is 4.20. The van der Waals surface area contributed by atoms with Crippen LogP contribution < -0.4 is 10.2 Å². The van der Waals surface area contributed by atoms with E-state index in [1.54, 1.807) is 42.5 Å². The zero-order valence-corrected chi connectivity index (χ0v) is 15.3. The van der Waals surface area contributed by atoms with Gasteiger partial charge in [-0.15, -0.1) is 0 Å². The topological polar surface area (TPSA) is 113 Å². The highest BCUT2D eigenvalue weighted by molar-refractivity contribution is 5.90. The van der Waals surface area contributed by atoms with E-state index in [1.807, 2.05) is 0 Å². The lowest BCUT2D eigenvalue weighted by molar-refractivity contribution is -0.384. The number of furan rings is 1. The van der Waals surface area contributed by atoms with Crippen molar-refractivity contribution < 1.29 is 23.3 Å². The predicted molar refractivity (Wildman–Crippen MR) is 108 cm³/mol. The van der Waals surface area contributed by atoms with Gasteiger partial charge in [0.25, 0.3) is 5.69 Å². The summed E-state index contributed by atoms with van der Waals surface area (Å²) in [5.41, 5.74) is 0.111. The van der Waals surface area contributed by atoms with E-state index in [-0.39, 0.29) is 28.3 Å². The van der Waals surface area contributed by atoms with E-state index in [0.29, 0.717) is 11.1 Å². The van der Waals surface area contributed by atoms with Crippen molar-refractivity contribution in [3.8, 4) is 17.3 Å². The highest BCUT2D eigenvalue weighted by Gasteiger charge is 2.21. The standard InChI is InChI=1S/C22H13NO7/c24-19(11-10-14-5-3-6-15(13-14)23(26)27)30-22-20(25)16-7-1-2-8-17(16)29-21(22)18-9-4-12-28-18/h1-13H/b11-10+. The van der Waals surface area contributed by atoms with Crippen LogP contribution in [0.3, 0.4) is 0 Å². The number of nitrogens with zero attached hydrogens (tertiary/aromatic N) is 1. The molecule has 30 heavy (non-hydrogen) atoms. The van der Waals surface area contributed by atoms with Crippen molar-refractivity contribution in [1.29, 1.82) is 0 Å². The zero-order valence-electron chi connectivity index (χ0n) is 15.3. The predicted octanol–water partition coefficient (Wildman–Crippen LogP) is 4.58. The molecular formula is C22H13NO7. The Morgan fingerprint density at radius 2 is 1.90 bits per heavy atom. The van der Waals surface area contributed by atoms with Gasteiger partial charge in [-0.25, -0.2) is 4.79 Å². The van der Waals surface area contributed by atoms with Gasteiger partial charge in [0.15, 0.2) is 5.76 Å². The molecule has 148 valence electrons. The van der Waals surface area contributed by atoms with E-state index >= 15 is 0 Å². The fourth-order valence-electron chi connectivity index (χ4n) is 2.83. The number of hydrogen-bond acceptors (Lipinski definition) is 7. The third-order valence-corrected chi connectivity index (χ3v) is 4.20. The summed E-state index contributed by atoms with van der Waals surface area (Å²) in [6.45, 7) is 0. The lowest BCUT2D eigenvalue weighted by Crippen LogP contribution is -2.14. The molecule has 0 atom stereocenters. The molecule has 0 saturated heterocycles. The summed E-state index contributed by atoms with van der Waals surface area (Å²) >= 11 is 0. The Morgan fingerprint density at radius 3 is 2.67 bits per heavy atom. The summed E-state index contributed by atoms with van der Waals surface area (Å²) in [5, 5.41) is 11.1. The van der Waals surface area contributed by atoms with E-state index in [1.165, 1.54) is 30.5 Å². The molecule has 0 aliphatic carbocycles. The summed E-state index contributed by atoms with van der Waals surface area (Å²) in [4.78, 5) is 35.6. The van der Waals surface area contributed by atoms with Crippen LogP contribution in [-0.4, -0.2) is 10.9 Å². The maximum atomic E-state index is 12.9. The largest absolute Gasteiger partial charge is 0.461 e. The van der Waals surface area contributed by atoms with Gasteiger partial charge < -0.3 is 13.6 Å². The number of carbonyl (C=O) groups excluding carboxylic acids is 1. The molecule has 4 aromatic rings. The monoisotopic (exact) mass is 403 g/mol. The van der Waals surface area contributed by atoms with Crippen LogP contribution in [0.1, 0.15) is 5.56 Å². The van der Waals surface area contributed by atoms with Crippen LogP contribution in [0.4, 0.5) is 5.69 Å². The quantitative estimate of drug-likeness (QED) is 0.207. The van der Waals surface area contributed by atoms with Crippen LogP contribution in [0, 0.1) is 10.1 Å². The number of nitro benzene ring substituents is 1. The first-order valence-electron chi connectivity index (χ1n) is 8.77. The lowest BCUT2D eigenvalue weighted by Gasteiger charge is -2.07. The molecule has 0 fully saturated rings. The maximum absolute atomic E-state index is 12.9. The smallest absolute Gasteiger partial charge is 0.336 e. The van der Waals surface area contributed by atoms with Gasteiger partial charge in [-0.05, 0) is 35.9 Å². The van der Waals surface area contributed by atoms with Crippen LogP contribution in [0.2, 0.25) is 0 Å². The van der Waals surface area contributed by atoms with Crippen LogP contribution in [-0.2, 0) is 4.79 Å². The summed E-state index contributed by atoms with van der Waals surface area (Å²) in [5.74, 6) is -0.946. The van der Waals surface area contributed by atoms with Crippen molar-refractivity contribution in [1.82, 2.24) is 0 Å². The van der Waals surface area contributed by atoms with Gasteiger partial charge in [-0.1, -0.05) is 24.3 Å². The molecular weight excluding hydrogens is 390 g/mol. The minimum Gasteiger partial charge on any atom is -0.461 e. The zero-order chi connectivity index (χ0) is 21.1. The average Bonchev–Trinajstić information content (AvgIpc) is 3.29. The Balaban J connectivity index is 1.69. The van der Waals surface area contributed by atoms with E-state index in [4.69, 9.17) is 13.6 Å². The van der Waals surface area contributed by atoms with Crippen molar-refractivity contribution in [3.05, 3.63) is 98.9 Å². The Morgan fingerprint density at radius 1 is 1.07 bits per heavy atom. The van der Waals surface area contributed by atoms with Crippen LogP contribution in [0.25, 0.3) is 28.6 Å². The molecule has 0 amide bonds. The molecule has 0 aliphatic heterocycles. The summed E-state index contributed by atoms with van der Waals surface area (Å²) in [6, 6.07) is 15.5. The lowest BCUT2D eigenvalue weighted by atomic mass is 10.2. The molecule has 0 radical (unpaired) electrons. The number of benzene rings is 2. The minimum absolute atomic E-state index is 0.0131. The number of para-hydroxylation sites is 1. The van der Waals surface area contributed by atoms with Crippen LogP contribution in [0.15, 0.2) is 86.6 Å². The first kappa shape index (κ1) is 18.9. The molecule has 2 heterocycles. The maximum Gasteiger partial charge on any atom is 0.336 e. The summed E-state index contributed by atoms with van der Waals surface area (Å²) in [6.07, 6.45) is 3.82. The summed E-state index contributed by atoms with van der Waals surface area (Å²) < 4.78 is 16.3. The van der Waals surface area contributed by atoms with E-state index < -0.39 is 16.3 Å². The molecule has 2 aromatic heterocycles. The van der Waals surface area contributed by atoms with Gasteiger partial charge in [0.05, 0.1) is 16.6 Å². The minimum atomic E-state index is -0.850. The van der Waals surface area contributed by atoms with Gasteiger partial charge in [-0.2, -0.15) is 0 Å². The van der Waals surface area contributed by atoms with E-state index in [2.05, 4.69) is 0 Å². The molecule has 0 N–H and O–H groups in total. The molecule has 2 aromatic carbocycles. The first-order valence-corrected chi connectivity index (χ1v) is 8.77. The van der Waals surface area contributed by atoms with Gasteiger partial charge in [0.1, 0.15) is 5.58 Å².